The van der Waals surface area contributed by atoms with Gasteiger partial charge in [0.2, 0.25) is 17.7 Å². The highest BCUT2D eigenvalue weighted by Crippen LogP contribution is 2.41. The molecule has 0 radical (unpaired) electrons. The van der Waals surface area contributed by atoms with Crippen molar-refractivity contribution in [1.29, 1.82) is 0 Å². The average Bonchev–Trinajstić information content (AvgIpc) is 3.34. The highest BCUT2D eigenvalue weighted by molar-refractivity contribution is 8.01. The number of carbonyl (C=O) groups is 4. The van der Waals surface area contributed by atoms with Crippen LogP contribution in [-0.2, 0) is 30.6 Å². The molecule has 19 heteroatoms. The third-order valence-corrected chi connectivity index (χ3v) is 9.00. The molecule has 1 fully saturated rings. The average molecular weight is 625 g/mol. The van der Waals surface area contributed by atoms with Gasteiger partial charge in [-0.3, -0.25) is 14.5 Å². The Morgan fingerprint density at radius 1 is 1.32 bits per heavy atom. The monoisotopic (exact) mass is 624 g/mol. The minimum absolute atomic E-state index is 0.0214. The number of hydrogen-bond acceptors (Lipinski definition) is 14. The molecule has 3 atom stereocenters. The Labute approximate surface area is 245 Å². The number of nitrogens with two attached hydrogens (primary N) is 3. The summed E-state index contributed by atoms with van der Waals surface area (Å²) in [5.74, 6) is -3.00. The molecular weight excluding hydrogens is 598 g/mol. The summed E-state index contributed by atoms with van der Waals surface area (Å²) in [5, 5.41) is 26.6. The summed E-state index contributed by atoms with van der Waals surface area (Å²) in [5.41, 5.74) is 17.5. The number of carboxylic acids is 2. The van der Waals surface area contributed by atoms with Crippen molar-refractivity contribution < 1.29 is 38.8 Å². The van der Waals surface area contributed by atoms with Crippen molar-refractivity contribution in [1.82, 2.24) is 20.2 Å². The van der Waals surface area contributed by atoms with Crippen molar-refractivity contribution in [3.63, 3.8) is 0 Å². The Morgan fingerprint density at radius 3 is 2.66 bits per heavy atom. The number of oxime groups is 1. The summed E-state index contributed by atoms with van der Waals surface area (Å²) in [6.07, 6.45) is -1.37. The number of aliphatic carboxylic acids is 2. The fraction of sp³-hybridized carbons (Fsp3) is 0.364. The molecule has 16 nitrogen and oxygen atoms in total. The number of nitrogen functional groups attached to an aromatic ring is 3. The first-order valence-electron chi connectivity index (χ1n) is 11.9. The minimum Gasteiger partial charge on any atom is -0.478 e. The molecule has 41 heavy (non-hydrogen) atoms. The molecule has 0 aromatic carbocycles. The Bertz CT molecular complexity index is 1480. The lowest BCUT2D eigenvalue weighted by atomic mass is 10.0. The smallest absolute Gasteiger partial charge is 0.352 e. The maximum atomic E-state index is 13.1. The van der Waals surface area contributed by atoms with E-state index in [2.05, 4.69) is 20.4 Å². The number of hydrogen-bond donors (Lipinski definition) is 6. The molecule has 2 aromatic rings. The zero-order valence-corrected chi connectivity index (χ0v) is 24.1. The molecule has 0 aliphatic carbocycles. The van der Waals surface area contributed by atoms with Crippen LogP contribution in [0.1, 0.15) is 19.5 Å². The van der Waals surface area contributed by atoms with Crippen LogP contribution < -0.4 is 27.1 Å². The Hall–Kier alpha value is -4.10. The second kappa shape index (κ2) is 12.2. The van der Waals surface area contributed by atoms with Crippen molar-refractivity contribution in [3.05, 3.63) is 28.4 Å². The van der Waals surface area contributed by atoms with Gasteiger partial charge in [-0.25, -0.2) is 19.1 Å². The van der Waals surface area contributed by atoms with E-state index < -0.39 is 41.3 Å². The number of carboxylic acid groups (broad SMARTS) is 2. The first-order valence-corrected chi connectivity index (χ1v) is 14.8. The Balaban J connectivity index is 1.52. The van der Waals surface area contributed by atoms with E-state index >= 15 is 0 Å². The topological polar surface area (TPSA) is 253 Å². The summed E-state index contributed by atoms with van der Waals surface area (Å²) in [6.45, 7) is 3.62. The summed E-state index contributed by atoms with van der Waals surface area (Å²) in [4.78, 5) is 64.0. The molecule has 1 saturated heterocycles. The summed E-state index contributed by atoms with van der Waals surface area (Å²) in [7, 11) is 0. The minimum atomic E-state index is -1.37. The number of anilines is 3. The molecule has 4 heterocycles. The van der Waals surface area contributed by atoms with Gasteiger partial charge in [-0.15, -0.1) is 23.1 Å². The van der Waals surface area contributed by atoms with E-state index in [9.17, 15) is 24.3 Å². The molecule has 218 valence electrons. The number of thioether (sulfide) groups is 2. The van der Waals surface area contributed by atoms with Crippen LogP contribution in [0.2, 0.25) is 0 Å². The van der Waals surface area contributed by atoms with Gasteiger partial charge in [0.05, 0.1) is 12.6 Å². The maximum absolute atomic E-state index is 13.1. The molecular formula is C22H26N9O7S3+. The maximum Gasteiger partial charge on any atom is 0.352 e. The fourth-order valence-corrected chi connectivity index (χ4v) is 7.03. The van der Waals surface area contributed by atoms with Crippen LogP contribution >= 0.6 is 34.9 Å². The molecule has 2 aliphatic heterocycles. The van der Waals surface area contributed by atoms with Crippen molar-refractivity contribution in [3.8, 4) is 0 Å². The lowest BCUT2D eigenvalue weighted by Crippen LogP contribution is -2.71. The molecule has 2 amide bonds. The van der Waals surface area contributed by atoms with Crippen LogP contribution in [0, 0.1) is 0 Å². The first kappa shape index (κ1) is 29.9. The number of nitrogens with one attached hydrogen (secondary N) is 1. The lowest BCUT2D eigenvalue weighted by molar-refractivity contribution is -0.719. The van der Waals surface area contributed by atoms with E-state index in [1.54, 1.807) is 4.57 Å². The summed E-state index contributed by atoms with van der Waals surface area (Å²) >= 11 is 3.54. The number of rotatable bonds is 11. The standard InChI is InChI=1S/C22H25N9O7S3/c1-3-30-12(24)4-11(23)27-22(30)41-6-9-5-39-18-14(17(33)31(18)15(9)20(36)37)28-16(32)13(10-7-40-21(25)26-10)29-38-8(2)19(34)35/h4,7-8,14,18H,3,5-6H2,1-2H3,(H8,23,24,25,26,28,32,34,35,36,37)/p+1/b29-13-/t8-,14?,18+/m0/s1. The predicted molar refractivity (Wildman–Crippen MR) is 151 cm³/mol. The third kappa shape index (κ3) is 6.15. The van der Waals surface area contributed by atoms with Gasteiger partial charge >= 0.3 is 17.1 Å². The number of fused-ring (bicyclic) bond motifs is 1. The van der Waals surface area contributed by atoms with E-state index in [-0.39, 0.29) is 39.6 Å². The van der Waals surface area contributed by atoms with Gasteiger partial charge in [0.1, 0.15) is 22.8 Å². The number of nitrogens with zero attached hydrogens (tertiary/aromatic N) is 5. The van der Waals surface area contributed by atoms with E-state index in [0.29, 0.717) is 23.1 Å². The van der Waals surface area contributed by atoms with Crippen LogP contribution in [0.4, 0.5) is 16.8 Å². The van der Waals surface area contributed by atoms with E-state index in [1.165, 1.54) is 41.9 Å². The normalized spacial score (nSPS) is 19.3. The van der Waals surface area contributed by atoms with E-state index in [1.807, 2.05) is 6.92 Å². The third-order valence-electron chi connectivity index (χ3n) is 5.92. The van der Waals surface area contributed by atoms with Crippen molar-refractivity contribution in [2.45, 2.75) is 43.1 Å². The predicted octanol–water partition coefficient (Wildman–Crippen LogP) is -0.683. The molecule has 4 rings (SSSR count). The van der Waals surface area contributed by atoms with Gasteiger partial charge in [0.15, 0.2) is 10.8 Å². The number of β-lactam (4-membered cyclic amide) rings is 1. The van der Waals surface area contributed by atoms with E-state index in [0.717, 1.165) is 16.2 Å². The zero-order valence-electron chi connectivity index (χ0n) is 21.6. The molecule has 9 N–H and O–H groups in total. The molecule has 2 aliphatic rings. The Morgan fingerprint density at radius 2 is 2.05 bits per heavy atom. The second-order valence-corrected chi connectivity index (χ2v) is 11.6. The number of carbonyl (C=O) groups excluding carboxylic acids is 2. The highest BCUT2D eigenvalue weighted by atomic mass is 32.2. The molecule has 1 unspecified atom stereocenters. The van der Waals surface area contributed by atoms with Crippen LogP contribution in [0.3, 0.4) is 0 Å². The highest BCUT2D eigenvalue weighted by Gasteiger charge is 2.54. The Kier molecular flexibility index (Phi) is 8.88. The number of amides is 2. The largest absolute Gasteiger partial charge is 0.478 e. The first-order chi connectivity index (χ1) is 19.4. The molecule has 0 bridgehead atoms. The second-order valence-electron chi connectivity index (χ2n) is 8.64. The van der Waals surface area contributed by atoms with Crippen LogP contribution in [0.5, 0.6) is 0 Å². The zero-order chi connectivity index (χ0) is 30.0. The van der Waals surface area contributed by atoms with Crippen LogP contribution in [0.15, 0.2) is 33.0 Å². The lowest BCUT2D eigenvalue weighted by Gasteiger charge is -2.49. The van der Waals surface area contributed by atoms with Gasteiger partial charge in [-0.1, -0.05) is 10.1 Å². The molecule has 0 saturated carbocycles. The van der Waals surface area contributed by atoms with Crippen molar-refractivity contribution in [2.24, 2.45) is 5.16 Å². The van der Waals surface area contributed by atoms with Gasteiger partial charge < -0.3 is 37.6 Å². The van der Waals surface area contributed by atoms with Gasteiger partial charge in [0, 0.05) is 16.9 Å². The van der Waals surface area contributed by atoms with Crippen LogP contribution in [0.25, 0.3) is 0 Å². The molecule has 2 aromatic heterocycles. The van der Waals surface area contributed by atoms with Crippen molar-refractivity contribution in [2.75, 3.05) is 28.7 Å². The van der Waals surface area contributed by atoms with Gasteiger partial charge in [0.25, 0.3) is 11.8 Å². The van der Waals surface area contributed by atoms with E-state index in [4.69, 9.17) is 27.1 Å². The summed E-state index contributed by atoms with van der Waals surface area (Å²) in [6, 6.07) is 0.453. The van der Waals surface area contributed by atoms with Gasteiger partial charge in [-0.2, -0.15) is 0 Å². The molecule has 0 spiro atoms. The quantitative estimate of drug-likeness (QED) is 0.0452. The van der Waals surface area contributed by atoms with Crippen molar-refractivity contribution >= 4 is 81.1 Å². The van der Waals surface area contributed by atoms with Crippen LogP contribution in [-0.4, -0.2) is 83.6 Å². The number of thiazole rings is 1. The summed E-state index contributed by atoms with van der Waals surface area (Å²) < 4.78 is 1.73. The fourth-order valence-electron chi connectivity index (χ4n) is 3.90. The number of aromatic nitrogens is 3. The SMILES string of the molecule is CC[n+]1c(N)cc(N)nc1SCC1=C(C(=O)O)N2C(=O)C(NC(=O)/C(=N\O[C@@H](C)C(=O)O)c3csc(N)n3)[C@H]2SC1. The van der Waals surface area contributed by atoms with Gasteiger partial charge in [-0.05, 0) is 31.2 Å².